The lowest BCUT2D eigenvalue weighted by atomic mass is 10.2. The molecule has 0 unspecified atom stereocenters. The predicted octanol–water partition coefficient (Wildman–Crippen LogP) is 0.543. The largest absolute Gasteiger partial charge is 0.468 e. The summed E-state index contributed by atoms with van der Waals surface area (Å²) >= 11 is 0. The first-order valence-corrected chi connectivity index (χ1v) is 8.23. The number of aromatic nitrogens is 3. The summed E-state index contributed by atoms with van der Waals surface area (Å²) in [4.78, 5) is 3.81. The van der Waals surface area contributed by atoms with E-state index in [4.69, 9.17) is 4.42 Å². The highest BCUT2D eigenvalue weighted by Crippen LogP contribution is 2.33. The van der Waals surface area contributed by atoms with Crippen LogP contribution in [0, 0.1) is 0 Å². The van der Waals surface area contributed by atoms with Gasteiger partial charge in [-0.1, -0.05) is 0 Å². The Morgan fingerprint density at radius 1 is 1.48 bits per heavy atom. The summed E-state index contributed by atoms with van der Waals surface area (Å²) in [7, 11) is -3.53. The lowest BCUT2D eigenvalue weighted by Crippen LogP contribution is -2.41. The van der Waals surface area contributed by atoms with Crippen molar-refractivity contribution in [3.63, 3.8) is 0 Å². The Morgan fingerprint density at radius 2 is 2.38 bits per heavy atom. The minimum Gasteiger partial charge on any atom is -0.468 e. The Balaban J connectivity index is 1.63. The molecule has 0 aliphatic carbocycles. The quantitative estimate of drug-likeness (QED) is 0.840. The third-order valence-corrected chi connectivity index (χ3v) is 5.10. The Hall–Kier alpha value is -1.71. The van der Waals surface area contributed by atoms with Gasteiger partial charge in [0, 0.05) is 13.1 Å². The molecule has 1 N–H and O–H groups in total. The lowest BCUT2D eigenvalue weighted by Gasteiger charge is -2.22. The molecule has 9 heteroatoms. The van der Waals surface area contributed by atoms with Gasteiger partial charge in [-0.3, -0.25) is 4.68 Å². The van der Waals surface area contributed by atoms with E-state index in [0.29, 0.717) is 18.8 Å². The third-order valence-electron chi connectivity index (χ3n) is 3.48. The molecule has 3 rings (SSSR count). The van der Waals surface area contributed by atoms with E-state index in [1.54, 1.807) is 23.3 Å². The molecule has 1 aliphatic rings. The van der Waals surface area contributed by atoms with Crippen molar-refractivity contribution >= 4 is 10.2 Å². The lowest BCUT2D eigenvalue weighted by molar-refractivity contribution is 0.335. The molecule has 2 aromatic rings. The average Bonchev–Trinajstić information content (AvgIpc) is 3.20. The van der Waals surface area contributed by atoms with Gasteiger partial charge in [-0.05, 0) is 25.0 Å². The van der Waals surface area contributed by atoms with Crippen molar-refractivity contribution in [2.45, 2.75) is 25.4 Å². The molecular weight excluding hydrogens is 294 g/mol. The average molecular weight is 311 g/mol. The van der Waals surface area contributed by atoms with Gasteiger partial charge in [0.15, 0.2) is 0 Å². The maximum Gasteiger partial charge on any atom is 0.280 e. The zero-order valence-corrected chi connectivity index (χ0v) is 12.2. The SMILES string of the molecule is O=S(=O)(NCCn1cncn1)N1CCC[C@@H]1c1ccco1. The normalized spacial score (nSPS) is 20.1. The second-order valence-electron chi connectivity index (χ2n) is 4.84. The highest BCUT2D eigenvalue weighted by atomic mass is 32.2. The van der Waals surface area contributed by atoms with Gasteiger partial charge in [-0.15, -0.1) is 0 Å². The molecule has 1 atom stereocenters. The Labute approximate surface area is 122 Å². The molecule has 0 aromatic carbocycles. The molecule has 0 spiro atoms. The van der Waals surface area contributed by atoms with Crippen LogP contribution in [0.15, 0.2) is 35.5 Å². The summed E-state index contributed by atoms with van der Waals surface area (Å²) in [6.45, 7) is 1.22. The van der Waals surface area contributed by atoms with Crippen molar-refractivity contribution in [3.8, 4) is 0 Å². The van der Waals surface area contributed by atoms with Crippen molar-refractivity contribution in [2.75, 3.05) is 13.1 Å². The van der Waals surface area contributed by atoms with E-state index in [1.807, 2.05) is 6.07 Å². The minimum absolute atomic E-state index is 0.219. The maximum atomic E-state index is 12.4. The van der Waals surface area contributed by atoms with E-state index in [9.17, 15) is 8.42 Å². The molecule has 1 fully saturated rings. The van der Waals surface area contributed by atoms with Gasteiger partial charge < -0.3 is 4.42 Å². The van der Waals surface area contributed by atoms with Crippen LogP contribution in [0.4, 0.5) is 0 Å². The summed E-state index contributed by atoms with van der Waals surface area (Å²) in [5.41, 5.74) is 0. The molecule has 1 saturated heterocycles. The number of rotatable bonds is 6. The van der Waals surface area contributed by atoms with Crippen LogP contribution in [0.1, 0.15) is 24.6 Å². The van der Waals surface area contributed by atoms with Crippen molar-refractivity contribution in [2.24, 2.45) is 0 Å². The van der Waals surface area contributed by atoms with Crippen LogP contribution in [0.5, 0.6) is 0 Å². The summed E-state index contributed by atoms with van der Waals surface area (Å²) in [6, 6.07) is 3.37. The summed E-state index contributed by atoms with van der Waals surface area (Å²) in [5.74, 6) is 0.689. The second-order valence-corrected chi connectivity index (χ2v) is 6.55. The van der Waals surface area contributed by atoms with E-state index in [2.05, 4.69) is 14.8 Å². The Kier molecular flexibility index (Phi) is 4.04. The third kappa shape index (κ3) is 3.14. The molecule has 3 heterocycles. The molecule has 2 aromatic heterocycles. The zero-order chi connectivity index (χ0) is 14.7. The predicted molar refractivity (Wildman–Crippen MR) is 74.3 cm³/mol. The smallest absolute Gasteiger partial charge is 0.280 e. The molecule has 21 heavy (non-hydrogen) atoms. The van der Waals surface area contributed by atoms with Gasteiger partial charge in [0.05, 0.1) is 18.8 Å². The van der Waals surface area contributed by atoms with Gasteiger partial charge >= 0.3 is 0 Å². The zero-order valence-electron chi connectivity index (χ0n) is 11.4. The number of nitrogens with zero attached hydrogens (tertiary/aromatic N) is 4. The molecule has 0 amide bonds. The van der Waals surface area contributed by atoms with Crippen LogP contribution < -0.4 is 4.72 Å². The molecular formula is C12H17N5O3S. The van der Waals surface area contributed by atoms with Crippen molar-refractivity contribution in [3.05, 3.63) is 36.8 Å². The molecule has 8 nitrogen and oxygen atoms in total. The minimum atomic E-state index is -3.53. The van der Waals surface area contributed by atoms with E-state index >= 15 is 0 Å². The monoisotopic (exact) mass is 311 g/mol. The molecule has 0 radical (unpaired) electrons. The van der Waals surface area contributed by atoms with Crippen LogP contribution >= 0.6 is 0 Å². The Morgan fingerprint density at radius 3 is 3.10 bits per heavy atom. The molecule has 0 bridgehead atoms. The van der Waals surface area contributed by atoms with Crippen LogP contribution in [-0.4, -0.2) is 40.6 Å². The van der Waals surface area contributed by atoms with E-state index in [-0.39, 0.29) is 12.6 Å². The topological polar surface area (TPSA) is 93.3 Å². The van der Waals surface area contributed by atoms with Gasteiger partial charge in [-0.25, -0.2) is 9.71 Å². The van der Waals surface area contributed by atoms with E-state index < -0.39 is 10.2 Å². The highest BCUT2D eigenvalue weighted by molar-refractivity contribution is 7.87. The van der Waals surface area contributed by atoms with Crippen LogP contribution in [-0.2, 0) is 16.8 Å². The van der Waals surface area contributed by atoms with Crippen LogP contribution in [0.3, 0.4) is 0 Å². The number of nitrogens with one attached hydrogen (secondary N) is 1. The fourth-order valence-electron chi connectivity index (χ4n) is 2.51. The first kappa shape index (κ1) is 14.2. The van der Waals surface area contributed by atoms with Crippen molar-refractivity contribution in [1.82, 2.24) is 23.8 Å². The van der Waals surface area contributed by atoms with Gasteiger partial charge in [0.1, 0.15) is 18.4 Å². The molecule has 114 valence electrons. The number of furan rings is 1. The Bertz CT molecular complexity index is 653. The number of hydrogen-bond donors (Lipinski definition) is 1. The highest BCUT2D eigenvalue weighted by Gasteiger charge is 2.36. The van der Waals surface area contributed by atoms with Crippen LogP contribution in [0.2, 0.25) is 0 Å². The summed E-state index contributed by atoms with van der Waals surface area (Å²) < 4.78 is 35.8. The first-order chi connectivity index (χ1) is 10.2. The van der Waals surface area contributed by atoms with Crippen LogP contribution in [0.25, 0.3) is 0 Å². The fraction of sp³-hybridized carbons (Fsp3) is 0.500. The second kappa shape index (κ2) is 5.96. The van der Waals surface area contributed by atoms with Gasteiger partial charge in [0.2, 0.25) is 0 Å². The van der Waals surface area contributed by atoms with Gasteiger partial charge in [-0.2, -0.15) is 17.8 Å². The fourth-order valence-corrected chi connectivity index (χ4v) is 3.94. The number of hydrogen-bond acceptors (Lipinski definition) is 5. The first-order valence-electron chi connectivity index (χ1n) is 6.79. The summed E-state index contributed by atoms with van der Waals surface area (Å²) in [6.07, 6.45) is 6.14. The van der Waals surface area contributed by atoms with Gasteiger partial charge in [0.25, 0.3) is 10.2 Å². The van der Waals surface area contributed by atoms with E-state index in [1.165, 1.54) is 10.6 Å². The standard InChI is InChI=1S/C12H17N5O3S/c18-21(19,15-5-7-16-10-13-9-14-16)17-6-1-3-11(17)12-4-2-8-20-12/h2,4,8-11,15H,1,3,5-7H2/t11-/m1/s1. The van der Waals surface area contributed by atoms with Crippen molar-refractivity contribution < 1.29 is 12.8 Å². The van der Waals surface area contributed by atoms with Crippen molar-refractivity contribution in [1.29, 1.82) is 0 Å². The maximum absolute atomic E-state index is 12.4. The molecule has 1 aliphatic heterocycles. The summed E-state index contributed by atoms with van der Waals surface area (Å²) in [5, 5.41) is 3.93. The van der Waals surface area contributed by atoms with E-state index in [0.717, 1.165) is 12.8 Å². The molecule has 0 saturated carbocycles.